The van der Waals surface area contributed by atoms with Gasteiger partial charge < -0.3 is 4.57 Å². The molecule has 5 heteroatoms. The Labute approximate surface area is 159 Å². The van der Waals surface area contributed by atoms with E-state index in [1.165, 1.54) is 54.7 Å². The molecule has 26 heavy (non-hydrogen) atoms. The Bertz CT molecular complexity index is 829. The summed E-state index contributed by atoms with van der Waals surface area (Å²) in [5.41, 5.74) is 9.20. The van der Waals surface area contributed by atoms with Crippen molar-refractivity contribution < 1.29 is 0 Å². The van der Waals surface area contributed by atoms with E-state index >= 15 is 0 Å². The second-order valence-electron chi connectivity index (χ2n) is 7.14. The molecule has 1 aliphatic carbocycles. The maximum atomic E-state index is 4.87. The molecule has 4 nitrogen and oxygen atoms in total. The smallest absolute Gasteiger partial charge is 0.177 e. The van der Waals surface area contributed by atoms with Crippen molar-refractivity contribution in [2.75, 3.05) is 5.75 Å². The van der Waals surface area contributed by atoms with E-state index in [0.29, 0.717) is 6.04 Å². The maximum Gasteiger partial charge on any atom is 0.177 e. The van der Waals surface area contributed by atoms with E-state index in [0.717, 1.165) is 16.6 Å². The molecule has 1 saturated carbocycles. The molecule has 0 radical (unpaired) electrons. The van der Waals surface area contributed by atoms with Gasteiger partial charge in [0.25, 0.3) is 0 Å². The first kappa shape index (κ1) is 17.4. The Morgan fingerprint density at radius 3 is 2.58 bits per heavy atom. The molecule has 2 heterocycles. The van der Waals surface area contributed by atoms with Crippen LogP contribution in [0.1, 0.15) is 49.1 Å². The van der Waals surface area contributed by atoms with Crippen molar-refractivity contribution in [1.29, 1.82) is 0 Å². The number of rotatable bonds is 3. The summed E-state index contributed by atoms with van der Waals surface area (Å²) in [5, 5.41) is 5.64. The van der Waals surface area contributed by atoms with Crippen LogP contribution in [0.3, 0.4) is 0 Å². The van der Waals surface area contributed by atoms with Crippen LogP contribution in [0.4, 0.5) is 0 Å². The Hall–Kier alpha value is -2.01. The van der Waals surface area contributed by atoms with Gasteiger partial charge in [-0.05, 0) is 44.9 Å². The molecule has 2 aromatic rings. The number of hydrogen-bond donors (Lipinski definition) is 1. The van der Waals surface area contributed by atoms with Gasteiger partial charge in [0.15, 0.2) is 5.17 Å². The van der Waals surface area contributed by atoms with Crippen LogP contribution in [0.15, 0.2) is 46.5 Å². The van der Waals surface area contributed by atoms with Crippen LogP contribution in [0.25, 0.3) is 5.69 Å². The largest absolute Gasteiger partial charge is 0.318 e. The molecule has 136 valence electrons. The van der Waals surface area contributed by atoms with Crippen LogP contribution < -0.4 is 5.43 Å². The van der Waals surface area contributed by atoms with Crippen LogP contribution >= 0.6 is 11.8 Å². The number of benzene rings is 1. The van der Waals surface area contributed by atoms with Crippen LogP contribution in [-0.4, -0.2) is 27.2 Å². The fraction of sp³-hybridized carbons (Fsp3) is 0.429. The normalized spacial score (nSPS) is 20.1. The van der Waals surface area contributed by atoms with Gasteiger partial charge in [0.2, 0.25) is 0 Å². The van der Waals surface area contributed by atoms with Crippen molar-refractivity contribution in [1.82, 2.24) is 9.99 Å². The third-order valence-electron chi connectivity index (χ3n) is 5.26. The predicted octanol–water partition coefficient (Wildman–Crippen LogP) is 4.82. The van der Waals surface area contributed by atoms with Gasteiger partial charge in [0.1, 0.15) is 0 Å². The highest BCUT2D eigenvalue weighted by molar-refractivity contribution is 8.14. The topological polar surface area (TPSA) is 41.7 Å². The SMILES string of the molecule is Cc1cc(C2=NNC(=NC3CCCCC3)SC2)c(C)n1-c1ccccc1. The molecule has 1 fully saturated rings. The average molecular weight is 367 g/mol. The molecule has 4 rings (SSSR count). The zero-order valence-corrected chi connectivity index (χ0v) is 16.4. The summed E-state index contributed by atoms with van der Waals surface area (Å²) in [6.07, 6.45) is 6.43. The van der Waals surface area contributed by atoms with Crippen LogP contribution in [0.5, 0.6) is 0 Å². The Morgan fingerprint density at radius 1 is 1.12 bits per heavy atom. The number of nitrogens with zero attached hydrogens (tertiary/aromatic N) is 3. The first-order valence-electron chi connectivity index (χ1n) is 9.50. The molecule has 0 unspecified atom stereocenters. The van der Waals surface area contributed by atoms with Gasteiger partial charge in [-0.1, -0.05) is 49.2 Å². The highest BCUT2D eigenvalue weighted by Gasteiger charge is 2.20. The summed E-state index contributed by atoms with van der Waals surface area (Å²) in [6.45, 7) is 4.33. The van der Waals surface area contributed by atoms with Crippen molar-refractivity contribution in [3.8, 4) is 5.69 Å². The van der Waals surface area contributed by atoms with Gasteiger partial charge in [-0.25, -0.2) is 0 Å². The Morgan fingerprint density at radius 2 is 1.88 bits per heavy atom. The lowest BCUT2D eigenvalue weighted by molar-refractivity contribution is 0.443. The predicted molar refractivity (Wildman–Crippen MR) is 112 cm³/mol. The maximum absolute atomic E-state index is 4.87. The van der Waals surface area contributed by atoms with E-state index in [4.69, 9.17) is 4.99 Å². The molecule has 1 aromatic carbocycles. The molecule has 0 spiro atoms. The second kappa shape index (κ2) is 7.70. The van der Waals surface area contributed by atoms with E-state index in [1.807, 2.05) is 0 Å². The number of para-hydroxylation sites is 1. The van der Waals surface area contributed by atoms with Crippen molar-refractivity contribution in [2.45, 2.75) is 52.0 Å². The number of amidine groups is 1. The summed E-state index contributed by atoms with van der Waals surface area (Å²) >= 11 is 1.78. The molecule has 0 saturated heterocycles. The van der Waals surface area contributed by atoms with Gasteiger partial charge in [-0.3, -0.25) is 10.4 Å². The zero-order valence-electron chi connectivity index (χ0n) is 15.5. The lowest BCUT2D eigenvalue weighted by atomic mass is 9.96. The quantitative estimate of drug-likeness (QED) is 0.846. The summed E-state index contributed by atoms with van der Waals surface area (Å²) in [4.78, 5) is 4.87. The number of aliphatic imine (C=N–C) groups is 1. The summed E-state index contributed by atoms with van der Waals surface area (Å²) in [5.74, 6) is 0.873. The molecule has 2 aliphatic rings. The van der Waals surface area contributed by atoms with Crippen molar-refractivity contribution >= 4 is 22.6 Å². The van der Waals surface area contributed by atoms with Crippen molar-refractivity contribution in [2.24, 2.45) is 10.1 Å². The Balaban J connectivity index is 1.55. The molecule has 0 bridgehead atoms. The lowest BCUT2D eigenvalue weighted by Gasteiger charge is -2.21. The van der Waals surface area contributed by atoms with Crippen LogP contribution in [0, 0.1) is 13.8 Å². The third kappa shape index (κ3) is 3.58. The molecule has 1 N–H and O–H groups in total. The van der Waals surface area contributed by atoms with Gasteiger partial charge in [0, 0.05) is 28.4 Å². The van der Waals surface area contributed by atoms with Crippen LogP contribution in [-0.2, 0) is 0 Å². The first-order valence-corrected chi connectivity index (χ1v) is 10.5. The van der Waals surface area contributed by atoms with E-state index in [-0.39, 0.29) is 0 Å². The molecule has 1 aliphatic heterocycles. The van der Waals surface area contributed by atoms with E-state index in [1.54, 1.807) is 11.8 Å². The van der Waals surface area contributed by atoms with E-state index in [2.05, 4.69) is 65.3 Å². The molecule has 0 atom stereocenters. The first-order chi connectivity index (χ1) is 12.7. The van der Waals surface area contributed by atoms with Gasteiger partial charge in [-0.15, -0.1) is 0 Å². The fourth-order valence-corrected chi connectivity index (χ4v) is 4.75. The van der Waals surface area contributed by atoms with Crippen molar-refractivity contribution in [3.05, 3.63) is 53.3 Å². The monoisotopic (exact) mass is 366 g/mol. The molecular formula is C21H26N4S. The number of thioether (sulfide) groups is 1. The highest BCUT2D eigenvalue weighted by Crippen LogP contribution is 2.25. The Kier molecular flexibility index (Phi) is 5.16. The number of aryl methyl sites for hydroxylation is 1. The average Bonchev–Trinajstić information content (AvgIpc) is 2.98. The van der Waals surface area contributed by atoms with Crippen molar-refractivity contribution in [3.63, 3.8) is 0 Å². The van der Waals surface area contributed by atoms with Gasteiger partial charge in [-0.2, -0.15) is 5.10 Å². The minimum atomic E-state index is 0.485. The number of hydrogen-bond acceptors (Lipinski definition) is 3. The minimum Gasteiger partial charge on any atom is -0.318 e. The molecule has 0 amide bonds. The van der Waals surface area contributed by atoms with Gasteiger partial charge in [0.05, 0.1) is 11.8 Å². The number of hydrazone groups is 1. The standard InChI is InChI=1S/C21H26N4S/c1-15-13-19(16(2)25(15)18-11-7-4-8-12-18)20-14-26-21(24-23-20)22-17-9-5-3-6-10-17/h4,7-8,11-13,17H,3,5-6,9-10,14H2,1-2H3,(H,22,24). The highest BCUT2D eigenvalue weighted by atomic mass is 32.2. The summed E-state index contributed by atoms with van der Waals surface area (Å²) in [6, 6.07) is 13.2. The summed E-state index contributed by atoms with van der Waals surface area (Å²) in [7, 11) is 0. The fourth-order valence-electron chi connectivity index (χ4n) is 3.93. The zero-order chi connectivity index (χ0) is 17.9. The van der Waals surface area contributed by atoms with Gasteiger partial charge >= 0.3 is 0 Å². The third-order valence-corrected chi connectivity index (χ3v) is 6.15. The van der Waals surface area contributed by atoms with E-state index in [9.17, 15) is 0 Å². The number of nitrogens with one attached hydrogen (secondary N) is 1. The van der Waals surface area contributed by atoms with Crippen LogP contribution in [0.2, 0.25) is 0 Å². The van der Waals surface area contributed by atoms with E-state index < -0.39 is 0 Å². The minimum absolute atomic E-state index is 0.485. The lowest BCUT2D eigenvalue weighted by Crippen LogP contribution is -2.27. The second-order valence-corrected chi connectivity index (χ2v) is 8.10. The molecular weight excluding hydrogens is 340 g/mol. The number of aromatic nitrogens is 1. The molecule has 1 aromatic heterocycles. The summed E-state index contributed by atoms with van der Waals surface area (Å²) < 4.78 is 2.30.